The number of hydrogen-bond acceptors (Lipinski definition) is 2. The monoisotopic (exact) mass is 305 g/mol. The van der Waals surface area contributed by atoms with Crippen LogP contribution in [0, 0.1) is 0 Å². The zero-order valence-corrected chi connectivity index (χ0v) is 14.2. The number of ether oxygens (including phenoxy) is 1. The van der Waals surface area contributed by atoms with Crippen LogP contribution in [0.4, 0.5) is 4.79 Å². The van der Waals surface area contributed by atoms with Crippen LogP contribution in [0.1, 0.15) is 57.7 Å². The number of alkyl carbamates (subject to hydrolysis) is 1. The van der Waals surface area contributed by atoms with Gasteiger partial charge in [0.15, 0.2) is 0 Å². The molecule has 0 aliphatic heterocycles. The summed E-state index contributed by atoms with van der Waals surface area (Å²) in [6.45, 7) is 8.51. The average molecular weight is 305 g/mol. The maximum Gasteiger partial charge on any atom is 0.408 e. The number of aryl methyl sites for hydroxylation is 1. The van der Waals surface area contributed by atoms with E-state index in [1.165, 1.54) is 30.4 Å². The Morgan fingerprint density at radius 3 is 2.86 bits per heavy atom. The first kappa shape index (κ1) is 16.8. The van der Waals surface area contributed by atoms with Crippen LogP contribution >= 0.6 is 0 Å². The zero-order chi connectivity index (χ0) is 16.2. The van der Waals surface area contributed by atoms with Crippen molar-refractivity contribution >= 4 is 6.09 Å². The van der Waals surface area contributed by atoms with Crippen LogP contribution < -0.4 is 10.6 Å². The SMILES string of the molecule is C[C@H](C[NH2+][C@H]1CCCc2ccccc21)NC(=O)OC(C)(C)C. The molecule has 0 unspecified atom stereocenters. The predicted octanol–water partition coefficient (Wildman–Crippen LogP) is 2.54. The molecule has 1 aromatic rings. The Kier molecular flexibility index (Phi) is 5.46. The predicted molar refractivity (Wildman–Crippen MR) is 87.7 cm³/mol. The van der Waals surface area contributed by atoms with Crippen molar-refractivity contribution in [3.05, 3.63) is 35.4 Å². The molecule has 0 saturated carbocycles. The molecule has 0 saturated heterocycles. The van der Waals surface area contributed by atoms with Gasteiger partial charge in [-0.2, -0.15) is 0 Å². The Balaban J connectivity index is 1.82. The summed E-state index contributed by atoms with van der Waals surface area (Å²) >= 11 is 0. The number of carbonyl (C=O) groups excluding carboxylic acids is 1. The molecule has 0 bridgehead atoms. The molecule has 0 spiro atoms. The molecule has 2 rings (SSSR count). The topological polar surface area (TPSA) is 54.9 Å². The number of benzene rings is 1. The summed E-state index contributed by atoms with van der Waals surface area (Å²) in [6, 6.07) is 9.30. The van der Waals surface area contributed by atoms with Crippen LogP contribution in [0.2, 0.25) is 0 Å². The van der Waals surface area contributed by atoms with Crippen molar-refractivity contribution < 1.29 is 14.8 Å². The van der Waals surface area contributed by atoms with E-state index >= 15 is 0 Å². The minimum absolute atomic E-state index is 0.0870. The Bertz CT molecular complexity index is 508. The van der Waals surface area contributed by atoms with Crippen molar-refractivity contribution in [3.8, 4) is 0 Å². The Morgan fingerprint density at radius 2 is 2.14 bits per heavy atom. The van der Waals surface area contributed by atoms with E-state index < -0.39 is 5.60 Å². The molecule has 3 N–H and O–H groups in total. The van der Waals surface area contributed by atoms with Crippen molar-refractivity contribution in [2.45, 2.75) is 64.6 Å². The number of amides is 1. The van der Waals surface area contributed by atoms with Gasteiger partial charge in [0.05, 0.1) is 12.6 Å². The van der Waals surface area contributed by atoms with Crippen molar-refractivity contribution in [1.82, 2.24) is 5.32 Å². The van der Waals surface area contributed by atoms with Crippen LogP contribution in [0.25, 0.3) is 0 Å². The summed E-state index contributed by atoms with van der Waals surface area (Å²) in [5.74, 6) is 0. The molecule has 2 atom stereocenters. The van der Waals surface area contributed by atoms with Crippen molar-refractivity contribution in [2.75, 3.05) is 6.54 Å². The van der Waals surface area contributed by atoms with Crippen molar-refractivity contribution in [3.63, 3.8) is 0 Å². The highest BCUT2D eigenvalue weighted by molar-refractivity contribution is 5.68. The molecule has 4 heteroatoms. The number of nitrogens with one attached hydrogen (secondary N) is 1. The van der Waals surface area contributed by atoms with E-state index in [2.05, 4.69) is 34.9 Å². The highest BCUT2D eigenvalue weighted by Gasteiger charge is 2.24. The molecule has 1 aliphatic rings. The average Bonchev–Trinajstić information content (AvgIpc) is 2.43. The normalized spacial score (nSPS) is 19.2. The third-order valence-corrected chi connectivity index (χ3v) is 3.95. The van der Waals surface area contributed by atoms with Gasteiger partial charge in [-0.25, -0.2) is 4.79 Å². The second-order valence-electron chi connectivity index (χ2n) is 7.22. The van der Waals surface area contributed by atoms with Gasteiger partial charge in [-0.05, 0) is 46.1 Å². The quantitative estimate of drug-likeness (QED) is 0.898. The fraction of sp³-hybridized carbons (Fsp3) is 0.611. The number of rotatable bonds is 4. The first-order chi connectivity index (χ1) is 10.3. The van der Waals surface area contributed by atoms with E-state index in [1.807, 2.05) is 27.7 Å². The van der Waals surface area contributed by atoms with E-state index in [0.717, 1.165) is 6.54 Å². The molecular formula is C18H29N2O2+. The van der Waals surface area contributed by atoms with Crippen LogP contribution in [-0.4, -0.2) is 24.3 Å². The number of hydrogen-bond donors (Lipinski definition) is 2. The lowest BCUT2D eigenvalue weighted by molar-refractivity contribution is -0.698. The molecule has 0 heterocycles. The lowest BCUT2D eigenvalue weighted by atomic mass is 9.87. The third kappa shape index (κ3) is 5.02. The summed E-state index contributed by atoms with van der Waals surface area (Å²) in [7, 11) is 0. The van der Waals surface area contributed by atoms with Crippen molar-refractivity contribution in [2.24, 2.45) is 0 Å². The van der Waals surface area contributed by atoms with Gasteiger partial charge in [-0.1, -0.05) is 24.3 Å². The lowest BCUT2D eigenvalue weighted by Crippen LogP contribution is -2.88. The van der Waals surface area contributed by atoms with Gasteiger partial charge in [0.25, 0.3) is 0 Å². The van der Waals surface area contributed by atoms with Gasteiger partial charge in [0.1, 0.15) is 11.6 Å². The molecule has 1 aromatic carbocycles. The third-order valence-electron chi connectivity index (χ3n) is 3.95. The standard InChI is InChI=1S/C18H28N2O2/c1-13(20-17(21)22-18(2,3)4)12-19-16-11-7-9-14-8-5-6-10-15(14)16/h5-6,8,10,13,16,19H,7,9,11-12H2,1-4H3,(H,20,21)/p+1/t13-,16+/m1/s1. The van der Waals surface area contributed by atoms with E-state index in [-0.39, 0.29) is 12.1 Å². The second kappa shape index (κ2) is 7.14. The maximum absolute atomic E-state index is 11.8. The highest BCUT2D eigenvalue weighted by Crippen LogP contribution is 2.26. The number of fused-ring (bicyclic) bond motifs is 1. The lowest BCUT2D eigenvalue weighted by Gasteiger charge is -2.25. The first-order valence-electron chi connectivity index (χ1n) is 8.26. The van der Waals surface area contributed by atoms with Crippen LogP contribution in [0.15, 0.2) is 24.3 Å². The Morgan fingerprint density at radius 1 is 1.41 bits per heavy atom. The summed E-state index contributed by atoms with van der Waals surface area (Å²) < 4.78 is 5.29. The van der Waals surface area contributed by atoms with Crippen LogP contribution in [-0.2, 0) is 11.2 Å². The molecule has 4 nitrogen and oxygen atoms in total. The second-order valence-corrected chi connectivity index (χ2v) is 7.22. The first-order valence-corrected chi connectivity index (χ1v) is 8.26. The molecule has 1 aliphatic carbocycles. The fourth-order valence-electron chi connectivity index (χ4n) is 2.97. The summed E-state index contributed by atoms with van der Waals surface area (Å²) in [6.07, 6.45) is 3.30. The van der Waals surface area contributed by atoms with Gasteiger partial charge in [-0.3, -0.25) is 0 Å². The summed E-state index contributed by atoms with van der Waals surface area (Å²) in [5.41, 5.74) is 2.48. The van der Waals surface area contributed by atoms with Gasteiger partial charge in [0, 0.05) is 12.0 Å². The maximum atomic E-state index is 11.8. The Hall–Kier alpha value is -1.55. The molecule has 0 aromatic heterocycles. The molecule has 0 radical (unpaired) electrons. The molecule has 1 amide bonds. The summed E-state index contributed by atoms with van der Waals surface area (Å²) in [4.78, 5) is 11.8. The minimum atomic E-state index is -0.449. The van der Waals surface area contributed by atoms with E-state index in [4.69, 9.17) is 4.74 Å². The number of carbonyl (C=O) groups is 1. The summed E-state index contributed by atoms with van der Waals surface area (Å²) in [5, 5.41) is 5.25. The fourth-order valence-corrected chi connectivity index (χ4v) is 2.97. The highest BCUT2D eigenvalue weighted by atomic mass is 16.6. The molecule has 0 fully saturated rings. The van der Waals surface area contributed by atoms with Gasteiger partial charge >= 0.3 is 6.09 Å². The molecule has 22 heavy (non-hydrogen) atoms. The van der Waals surface area contributed by atoms with Crippen molar-refractivity contribution in [1.29, 1.82) is 0 Å². The molecular weight excluding hydrogens is 276 g/mol. The number of nitrogens with two attached hydrogens (primary N) is 1. The van der Waals surface area contributed by atoms with Gasteiger partial charge < -0.3 is 15.4 Å². The van der Waals surface area contributed by atoms with Crippen LogP contribution in [0.5, 0.6) is 0 Å². The van der Waals surface area contributed by atoms with E-state index in [0.29, 0.717) is 6.04 Å². The minimum Gasteiger partial charge on any atom is -0.444 e. The smallest absolute Gasteiger partial charge is 0.408 e. The van der Waals surface area contributed by atoms with Gasteiger partial charge in [-0.15, -0.1) is 0 Å². The van der Waals surface area contributed by atoms with E-state index in [1.54, 1.807) is 0 Å². The largest absolute Gasteiger partial charge is 0.444 e. The van der Waals surface area contributed by atoms with Crippen LogP contribution in [0.3, 0.4) is 0 Å². The zero-order valence-electron chi connectivity index (χ0n) is 14.2. The number of quaternary nitrogens is 1. The Labute approximate surface area is 133 Å². The van der Waals surface area contributed by atoms with Gasteiger partial charge in [0.2, 0.25) is 0 Å². The molecule has 122 valence electrons. The van der Waals surface area contributed by atoms with E-state index in [9.17, 15) is 4.79 Å².